The molecule has 0 aliphatic rings. The predicted molar refractivity (Wildman–Crippen MR) is 75.5 cm³/mol. The Morgan fingerprint density at radius 2 is 2.05 bits per heavy atom. The molecule has 1 unspecified atom stereocenters. The second kappa shape index (κ2) is 7.89. The van der Waals surface area contributed by atoms with Gasteiger partial charge in [0.1, 0.15) is 5.82 Å². The molecule has 1 amide bonds. The molecule has 1 atom stereocenters. The molecule has 0 radical (unpaired) electrons. The summed E-state index contributed by atoms with van der Waals surface area (Å²) in [5.41, 5.74) is 0.940. The molecule has 0 aliphatic heterocycles. The molecule has 0 heterocycles. The Labute approximate surface area is 114 Å². The molecule has 1 rings (SSSR count). The molecule has 0 fully saturated rings. The number of carbonyl (C=O) groups excluding carboxylic acids is 1. The molecular formula is C15H23FN2O. The average Bonchev–Trinajstić information content (AvgIpc) is 2.38. The molecule has 0 spiro atoms. The molecule has 0 bridgehead atoms. The molecular weight excluding hydrogens is 243 g/mol. The van der Waals surface area contributed by atoms with Crippen LogP contribution in [0.25, 0.3) is 0 Å². The molecule has 0 saturated carbocycles. The summed E-state index contributed by atoms with van der Waals surface area (Å²) in [6, 6.07) is 6.71. The summed E-state index contributed by atoms with van der Waals surface area (Å²) in [5.74, 6) is -0.111. The van der Waals surface area contributed by atoms with E-state index in [0.29, 0.717) is 13.0 Å². The Morgan fingerprint density at radius 1 is 1.37 bits per heavy atom. The van der Waals surface area contributed by atoms with E-state index >= 15 is 0 Å². The van der Waals surface area contributed by atoms with Crippen molar-refractivity contribution in [2.24, 2.45) is 0 Å². The minimum atomic E-state index is -0.219. The monoisotopic (exact) mass is 266 g/mol. The number of likely N-dealkylation sites (N-methyl/N-ethyl adjacent to an activating group) is 1. The van der Waals surface area contributed by atoms with E-state index in [1.54, 1.807) is 11.0 Å². The number of amides is 1. The van der Waals surface area contributed by atoms with Crippen LogP contribution in [0.1, 0.15) is 26.3 Å². The van der Waals surface area contributed by atoms with Gasteiger partial charge in [-0.25, -0.2) is 4.39 Å². The van der Waals surface area contributed by atoms with Crippen LogP contribution in [0.3, 0.4) is 0 Å². The number of nitrogens with one attached hydrogen (secondary N) is 1. The first-order valence-electron chi connectivity index (χ1n) is 6.82. The van der Waals surface area contributed by atoms with Gasteiger partial charge in [0, 0.05) is 19.1 Å². The van der Waals surface area contributed by atoms with Crippen molar-refractivity contribution < 1.29 is 9.18 Å². The van der Waals surface area contributed by atoms with Gasteiger partial charge in [0.25, 0.3) is 0 Å². The third kappa shape index (κ3) is 5.39. The van der Waals surface area contributed by atoms with Crippen LogP contribution in [0.15, 0.2) is 24.3 Å². The summed E-state index contributed by atoms with van der Waals surface area (Å²) >= 11 is 0. The molecule has 0 saturated heterocycles. The lowest BCUT2D eigenvalue weighted by Gasteiger charge is -2.20. The quantitative estimate of drug-likeness (QED) is 0.820. The Kier molecular flexibility index (Phi) is 6.50. The highest BCUT2D eigenvalue weighted by atomic mass is 19.1. The van der Waals surface area contributed by atoms with Gasteiger partial charge in [-0.3, -0.25) is 4.79 Å². The maximum atomic E-state index is 13.0. The van der Waals surface area contributed by atoms with Gasteiger partial charge in [-0.2, -0.15) is 0 Å². The molecule has 1 aromatic rings. The fourth-order valence-corrected chi connectivity index (χ4v) is 2.04. The SMILES string of the molecule is CCN(CC)C(=O)CNC(C)Cc1cccc(F)c1. The normalized spacial score (nSPS) is 12.2. The van der Waals surface area contributed by atoms with Gasteiger partial charge in [0.2, 0.25) is 5.91 Å². The number of benzene rings is 1. The smallest absolute Gasteiger partial charge is 0.236 e. The fourth-order valence-electron chi connectivity index (χ4n) is 2.04. The molecule has 19 heavy (non-hydrogen) atoms. The van der Waals surface area contributed by atoms with Crippen molar-refractivity contribution in [2.45, 2.75) is 33.2 Å². The number of halogens is 1. The van der Waals surface area contributed by atoms with E-state index in [1.165, 1.54) is 12.1 Å². The van der Waals surface area contributed by atoms with Crippen LogP contribution < -0.4 is 5.32 Å². The molecule has 1 N–H and O–H groups in total. The topological polar surface area (TPSA) is 32.3 Å². The van der Waals surface area contributed by atoms with Gasteiger partial charge >= 0.3 is 0 Å². The largest absolute Gasteiger partial charge is 0.342 e. The fraction of sp³-hybridized carbons (Fsp3) is 0.533. The van der Waals surface area contributed by atoms with E-state index in [-0.39, 0.29) is 17.8 Å². The maximum Gasteiger partial charge on any atom is 0.236 e. The van der Waals surface area contributed by atoms with Crippen LogP contribution in [0.5, 0.6) is 0 Å². The lowest BCUT2D eigenvalue weighted by atomic mass is 10.1. The minimum absolute atomic E-state index is 0.107. The first-order chi connectivity index (χ1) is 9.06. The highest BCUT2D eigenvalue weighted by Gasteiger charge is 2.11. The van der Waals surface area contributed by atoms with E-state index in [1.807, 2.05) is 26.8 Å². The summed E-state index contributed by atoms with van der Waals surface area (Å²) in [6.07, 6.45) is 0.712. The molecule has 106 valence electrons. The van der Waals surface area contributed by atoms with Crippen molar-refractivity contribution in [1.82, 2.24) is 10.2 Å². The highest BCUT2D eigenvalue weighted by molar-refractivity contribution is 5.78. The highest BCUT2D eigenvalue weighted by Crippen LogP contribution is 2.06. The number of hydrogen-bond acceptors (Lipinski definition) is 2. The molecule has 0 aliphatic carbocycles. The van der Waals surface area contributed by atoms with Crippen LogP contribution in [0, 0.1) is 5.82 Å². The van der Waals surface area contributed by atoms with Gasteiger partial charge in [0.15, 0.2) is 0 Å². The minimum Gasteiger partial charge on any atom is -0.342 e. The van der Waals surface area contributed by atoms with Gasteiger partial charge < -0.3 is 10.2 Å². The van der Waals surface area contributed by atoms with Crippen molar-refractivity contribution in [1.29, 1.82) is 0 Å². The number of hydrogen-bond donors (Lipinski definition) is 1. The number of rotatable bonds is 7. The summed E-state index contributed by atoms with van der Waals surface area (Å²) in [6.45, 7) is 7.73. The average molecular weight is 266 g/mol. The molecule has 3 nitrogen and oxygen atoms in total. The van der Waals surface area contributed by atoms with Crippen LogP contribution in [0.4, 0.5) is 4.39 Å². The van der Waals surface area contributed by atoms with Crippen LogP contribution in [-0.2, 0) is 11.2 Å². The van der Waals surface area contributed by atoms with Gasteiger partial charge in [-0.05, 0) is 44.9 Å². The zero-order valence-corrected chi connectivity index (χ0v) is 11.9. The summed E-state index contributed by atoms with van der Waals surface area (Å²) in [5, 5.41) is 3.19. The van der Waals surface area contributed by atoms with Crippen molar-refractivity contribution >= 4 is 5.91 Å². The van der Waals surface area contributed by atoms with Gasteiger partial charge in [-0.1, -0.05) is 12.1 Å². The van der Waals surface area contributed by atoms with Gasteiger partial charge in [-0.15, -0.1) is 0 Å². The molecule has 0 aromatic heterocycles. The Bertz CT molecular complexity index is 405. The third-order valence-electron chi connectivity index (χ3n) is 3.15. The van der Waals surface area contributed by atoms with E-state index in [4.69, 9.17) is 0 Å². The Hall–Kier alpha value is -1.42. The second-order valence-electron chi connectivity index (χ2n) is 4.68. The summed E-state index contributed by atoms with van der Waals surface area (Å²) < 4.78 is 13.0. The lowest BCUT2D eigenvalue weighted by molar-refractivity contribution is -0.129. The molecule has 1 aromatic carbocycles. The second-order valence-corrected chi connectivity index (χ2v) is 4.68. The lowest BCUT2D eigenvalue weighted by Crippen LogP contribution is -2.41. The Morgan fingerprint density at radius 3 is 2.63 bits per heavy atom. The number of nitrogens with zero attached hydrogens (tertiary/aromatic N) is 1. The standard InChI is InChI=1S/C15H23FN2O/c1-4-18(5-2)15(19)11-17-12(3)9-13-7-6-8-14(16)10-13/h6-8,10,12,17H,4-5,9,11H2,1-3H3. The predicted octanol–water partition coefficient (Wildman–Crippen LogP) is 2.21. The van der Waals surface area contributed by atoms with E-state index in [2.05, 4.69) is 5.32 Å². The number of carbonyl (C=O) groups is 1. The van der Waals surface area contributed by atoms with E-state index < -0.39 is 0 Å². The van der Waals surface area contributed by atoms with Gasteiger partial charge in [0.05, 0.1) is 6.54 Å². The van der Waals surface area contributed by atoms with Crippen LogP contribution in [-0.4, -0.2) is 36.5 Å². The van der Waals surface area contributed by atoms with Crippen molar-refractivity contribution in [3.05, 3.63) is 35.6 Å². The van der Waals surface area contributed by atoms with E-state index in [9.17, 15) is 9.18 Å². The van der Waals surface area contributed by atoms with Crippen LogP contribution in [0.2, 0.25) is 0 Å². The summed E-state index contributed by atoms with van der Waals surface area (Å²) in [7, 11) is 0. The Balaban J connectivity index is 2.39. The van der Waals surface area contributed by atoms with Crippen molar-refractivity contribution in [2.75, 3.05) is 19.6 Å². The first-order valence-corrected chi connectivity index (χ1v) is 6.82. The maximum absolute atomic E-state index is 13.0. The third-order valence-corrected chi connectivity index (χ3v) is 3.15. The zero-order chi connectivity index (χ0) is 14.3. The van der Waals surface area contributed by atoms with E-state index in [0.717, 1.165) is 18.7 Å². The van der Waals surface area contributed by atoms with Crippen molar-refractivity contribution in [3.63, 3.8) is 0 Å². The van der Waals surface area contributed by atoms with Crippen LogP contribution >= 0.6 is 0 Å². The molecule has 4 heteroatoms. The zero-order valence-electron chi connectivity index (χ0n) is 11.9. The first kappa shape index (κ1) is 15.6. The van der Waals surface area contributed by atoms with Crippen molar-refractivity contribution in [3.8, 4) is 0 Å². The summed E-state index contributed by atoms with van der Waals surface area (Å²) in [4.78, 5) is 13.6.